The fourth-order valence-electron chi connectivity index (χ4n) is 0.697. The summed E-state index contributed by atoms with van der Waals surface area (Å²) in [5, 5.41) is 10.4. The van der Waals surface area contributed by atoms with Crippen LogP contribution in [0.4, 0.5) is 26.3 Å². The monoisotopic (exact) mass is 289 g/mol. The smallest absolute Gasteiger partial charge is 0.289 e. The van der Waals surface area contributed by atoms with Gasteiger partial charge in [0.2, 0.25) is 5.78 Å². The first kappa shape index (κ1) is 16.9. The molecule has 0 unspecified atom stereocenters. The van der Waals surface area contributed by atoms with Crippen LogP contribution in [0.2, 0.25) is 0 Å². The summed E-state index contributed by atoms with van der Waals surface area (Å²) < 4.78 is 72.2. The Bertz CT molecular complexity index is 431. The van der Waals surface area contributed by atoms with E-state index in [1.54, 1.807) is 0 Å². The van der Waals surface area contributed by atoms with Gasteiger partial charge in [-0.05, 0) is 0 Å². The minimum Gasteiger partial charge on any atom is -0.289 e. The number of hydrazone groups is 1. The predicted molar refractivity (Wildman–Crippen MR) is 47.5 cm³/mol. The molecule has 0 aliphatic rings. The third kappa shape index (κ3) is 6.39. The van der Waals surface area contributed by atoms with Crippen LogP contribution >= 0.6 is 0 Å². The highest BCUT2D eigenvalue weighted by atomic mass is 19.4. The summed E-state index contributed by atoms with van der Waals surface area (Å²) in [6.45, 7) is 0. The molecule has 0 heterocycles. The van der Waals surface area contributed by atoms with Gasteiger partial charge in [0.15, 0.2) is 0 Å². The van der Waals surface area contributed by atoms with Gasteiger partial charge in [-0.3, -0.25) is 9.59 Å². The Morgan fingerprint density at radius 3 is 2.00 bits per heavy atom. The number of amides is 1. The second-order valence-electron chi connectivity index (χ2n) is 3.02. The summed E-state index contributed by atoms with van der Waals surface area (Å²) in [7, 11) is 0. The highest BCUT2D eigenvalue weighted by molar-refractivity contribution is 6.06. The van der Waals surface area contributed by atoms with Crippen LogP contribution in [0.3, 0.4) is 0 Å². The van der Waals surface area contributed by atoms with E-state index in [9.17, 15) is 35.9 Å². The maximum Gasteiger partial charge on any atom is 0.450 e. The van der Waals surface area contributed by atoms with E-state index in [-0.39, 0.29) is 0 Å². The molecule has 0 atom stereocenters. The average molecular weight is 289 g/mol. The highest BCUT2D eigenvalue weighted by Gasteiger charge is 2.45. The Morgan fingerprint density at radius 1 is 1.11 bits per heavy atom. The van der Waals surface area contributed by atoms with Gasteiger partial charge in [0, 0.05) is 0 Å². The molecule has 0 saturated carbocycles. The number of halogens is 6. The van der Waals surface area contributed by atoms with Gasteiger partial charge in [-0.15, -0.1) is 0 Å². The van der Waals surface area contributed by atoms with Gasteiger partial charge in [0.1, 0.15) is 12.1 Å². The number of carbonyl (C=O) groups is 2. The molecular formula is C8H5F6N3O2. The van der Waals surface area contributed by atoms with E-state index in [4.69, 9.17) is 5.26 Å². The minimum atomic E-state index is -5.44. The summed E-state index contributed by atoms with van der Waals surface area (Å²) in [6.07, 6.45) is -13.6. The predicted octanol–water partition coefficient (Wildman–Crippen LogP) is 1.46. The number of nitrogens with one attached hydrogen (secondary N) is 1. The molecule has 0 aliphatic carbocycles. The fraction of sp³-hybridized carbons (Fsp3) is 0.500. The average Bonchev–Trinajstić information content (AvgIpc) is 2.21. The lowest BCUT2D eigenvalue weighted by atomic mass is 10.2. The first-order valence-electron chi connectivity index (χ1n) is 4.38. The van der Waals surface area contributed by atoms with Gasteiger partial charge in [-0.2, -0.15) is 36.7 Å². The minimum absolute atomic E-state index is 0.831. The number of ketones is 1. The van der Waals surface area contributed by atoms with Crippen LogP contribution < -0.4 is 5.43 Å². The van der Waals surface area contributed by atoms with Gasteiger partial charge in [0.25, 0.3) is 5.91 Å². The van der Waals surface area contributed by atoms with E-state index in [1.807, 2.05) is 0 Å². The highest BCUT2D eigenvalue weighted by Crippen LogP contribution is 2.24. The Balaban J connectivity index is 4.96. The second-order valence-corrected chi connectivity index (χ2v) is 3.02. The molecule has 0 spiro atoms. The Hall–Kier alpha value is -2.12. The van der Waals surface area contributed by atoms with Crippen LogP contribution in [0.1, 0.15) is 12.8 Å². The van der Waals surface area contributed by atoms with Crippen molar-refractivity contribution >= 4 is 17.4 Å². The van der Waals surface area contributed by atoms with Crippen molar-refractivity contribution in [2.45, 2.75) is 25.2 Å². The van der Waals surface area contributed by atoms with Gasteiger partial charge in [-0.1, -0.05) is 0 Å². The number of Topliss-reactive ketones (excluding diaryl/α,β-unsaturated/α-hetero) is 1. The lowest BCUT2D eigenvalue weighted by molar-refractivity contribution is -0.170. The standard InChI is InChI=1S/C8H5F6N3O2/c9-7(10,11)4(3-5(18)8(12,13)14)16-17-6(19)1-2-15/h1,3H2,(H,17,19)/b16-4-. The zero-order valence-corrected chi connectivity index (χ0v) is 8.89. The van der Waals surface area contributed by atoms with Gasteiger partial charge in [0.05, 0.1) is 12.5 Å². The SMILES string of the molecule is N#CCC(=O)N/N=C(/CC(=O)C(F)(F)F)C(F)(F)F. The topological polar surface area (TPSA) is 82.3 Å². The molecule has 106 valence electrons. The summed E-state index contributed by atoms with van der Waals surface area (Å²) >= 11 is 0. The molecule has 0 aliphatic heterocycles. The Morgan fingerprint density at radius 2 is 1.63 bits per heavy atom. The van der Waals surface area contributed by atoms with Crippen molar-refractivity contribution in [2.75, 3.05) is 0 Å². The van der Waals surface area contributed by atoms with Crippen LogP contribution in [0.15, 0.2) is 5.10 Å². The molecule has 0 rings (SSSR count). The zero-order chi connectivity index (χ0) is 15.3. The molecule has 0 fully saturated rings. The van der Waals surface area contributed by atoms with Crippen LogP contribution in [-0.2, 0) is 9.59 Å². The van der Waals surface area contributed by atoms with E-state index in [0.717, 1.165) is 0 Å². The Kier molecular flexibility index (Phi) is 5.48. The van der Waals surface area contributed by atoms with Crippen molar-refractivity contribution in [3.8, 4) is 6.07 Å². The summed E-state index contributed by atoms with van der Waals surface area (Å²) in [6, 6.07) is 1.29. The summed E-state index contributed by atoms with van der Waals surface area (Å²) in [4.78, 5) is 21.1. The zero-order valence-electron chi connectivity index (χ0n) is 8.89. The quantitative estimate of drug-likeness (QED) is 0.483. The second kappa shape index (κ2) is 6.17. The fourth-order valence-corrected chi connectivity index (χ4v) is 0.697. The van der Waals surface area contributed by atoms with Crippen molar-refractivity contribution < 1.29 is 35.9 Å². The molecule has 1 N–H and O–H groups in total. The summed E-state index contributed by atoms with van der Waals surface area (Å²) in [5.41, 5.74) is -0.876. The van der Waals surface area contributed by atoms with Gasteiger partial charge < -0.3 is 0 Å². The number of nitriles is 1. The lowest BCUT2D eigenvalue weighted by Crippen LogP contribution is -2.34. The van der Waals surface area contributed by atoms with E-state index in [2.05, 4.69) is 5.10 Å². The molecule has 5 nitrogen and oxygen atoms in total. The number of carbonyl (C=O) groups excluding carboxylic acids is 2. The lowest BCUT2D eigenvalue weighted by Gasteiger charge is -2.11. The molecule has 0 bridgehead atoms. The van der Waals surface area contributed by atoms with Crippen LogP contribution in [0.25, 0.3) is 0 Å². The first-order valence-corrected chi connectivity index (χ1v) is 4.38. The summed E-state index contributed by atoms with van der Waals surface area (Å²) in [5.74, 6) is -3.90. The molecule has 0 saturated heterocycles. The number of hydrogen-bond acceptors (Lipinski definition) is 4. The molecule has 11 heteroatoms. The molecular weight excluding hydrogens is 284 g/mol. The van der Waals surface area contributed by atoms with Crippen LogP contribution in [0, 0.1) is 11.3 Å². The van der Waals surface area contributed by atoms with E-state index >= 15 is 0 Å². The Labute approximate surface area is 101 Å². The van der Waals surface area contributed by atoms with E-state index in [1.165, 1.54) is 11.5 Å². The number of alkyl halides is 6. The van der Waals surface area contributed by atoms with Crippen LogP contribution in [-0.4, -0.2) is 29.8 Å². The van der Waals surface area contributed by atoms with E-state index in [0.29, 0.717) is 0 Å². The third-order valence-electron chi connectivity index (χ3n) is 1.53. The van der Waals surface area contributed by atoms with Gasteiger partial charge >= 0.3 is 12.4 Å². The normalized spacial score (nSPS) is 12.8. The van der Waals surface area contributed by atoms with Gasteiger partial charge in [-0.25, -0.2) is 5.43 Å². The molecule has 0 aromatic heterocycles. The molecule has 19 heavy (non-hydrogen) atoms. The maximum atomic E-state index is 12.2. The van der Waals surface area contributed by atoms with E-state index < -0.39 is 42.6 Å². The molecule has 0 aromatic rings. The van der Waals surface area contributed by atoms with Crippen molar-refractivity contribution in [2.24, 2.45) is 5.10 Å². The number of rotatable bonds is 4. The van der Waals surface area contributed by atoms with Crippen LogP contribution in [0.5, 0.6) is 0 Å². The number of nitrogens with zero attached hydrogens (tertiary/aromatic N) is 2. The molecule has 0 aromatic carbocycles. The number of hydrogen-bond donors (Lipinski definition) is 1. The maximum absolute atomic E-state index is 12.2. The van der Waals surface area contributed by atoms with Crippen molar-refractivity contribution in [3.63, 3.8) is 0 Å². The van der Waals surface area contributed by atoms with Crippen molar-refractivity contribution in [1.29, 1.82) is 5.26 Å². The molecule has 1 amide bonds. The van der Waals surface area contributed by atoms with Crippen molar-refractivity contribution in [1.82, 2.24) is 5.43 Å². The third-order valence-corrected chi connectivity index (χ3v) is 1.53. The molecule has 0 radical (unpaired) electrons. The first-order chi connectivity index (χ1) is 8.48. The largest absolute Gasteiger partial charge is 0.450 e. The van der Waals surface area contributed by atoms with Crippen molar-refractivity contribution in [3.05, 3.63) is 0 Å².